The third-order valence-corrected chi connectivity index (χ3v) is 6.77. The number of hydrogen-bond acceptors (Lipinski definition) is 17. The van der Waals surface area contributed by atoms with Gasteiger partial charge in [-0.1, -0.05) is 30.3 Å². The largest absolute Gasteiger partial charge is 0.462 e. The van der Waals surface area contributed by atoms with Gasteiger partial charge < -0.3 is 47.9 Å². The number of carbonyl (C=O) groups excluding carboxylic acids is 8. The third kappa shape index (κ3) is 15.1. The number of ether oxygens (including phenoxy) is 9. The Morgan fingerprint density at radius 1 is 0.706 bits per heavy atom. The summed E-state index contributed by atoms with van der Waals surface area (Å²) >= 11 is 0. The van der Waals surface area contributed by atoms with Gasteiger partial charge in [0.1, 0.15) is 18.8 Å². The molecule has 1 N–H and O–H groups in total. The SMILES string of the molecule is CC(=O)OC[C@@H](OC(C)=O)[C@@H](OC(C)=O)[C@H](OC(C)=O)[C@@H](OC(C)=O)C(=O)NC[C@H]1O[C@H](OCc2ccccc2)C[C@@H](OC(C)=O)[C@@H]1OC(C)=O. The number of rotatable bonds is 17. The van der Waals surface area contributed by atoms with Gasteiger partial charge in [-0.3, -0.25) is 38.4 Å². The summed E-state index contributed by atoms with van der Waals surface area (Å²) in [5.41, 5.74) is 0.793. The van der Waals surface area contributed by atoms with E-state index in [4.69, 9.17) is 42.6 Å². The fourth-order valence-electron chi connectivity index (χ4n) is 5.00. The summed E-state index contributed by atoms with van der Waals surface area (Å²) in [6, 6.07) is 9.04. The van der Waals surface area contributed by atoms with Crippen molar-refractivity contribution in [2.75, 3.05) is 13.2 Å². The summed E-state index contributed by atoms with van der Waals surface area (Å²) in [5, 5.41) is 2.47. The molecule has 0 aromatic heterocycles. The molecule has 1 aliphatic rings. The molecule has 1 amide bonds. The van der Waals surface area contributed by atoms with E-state index in [9.17, 15) is 38.4 Å². The molecule has 18 heteroatoms. The molecule has 0 unspecified atom stereocenters. The van der Waals surface area contributed by atoms with Crippen LogP contribution < -0.4 is 5.32 Å². The maximum absolute atomic E-state index is 13.8. The van der Waals surface area contributed by atoms with E-state index in [2.05, 4.69) is 5.32 Å². The summed E-state index contributed by atoms with van der Waals surface area (Å²) in [6.45, 7) is 6.01. The lowest BCUT2D eigenvalue weighted by atomic mass is 9.99. The Morgan fingerprint density at radius 3 is 1.80 bits per heavy atom. The van der Waals surface area contributed by atoms with Gasteiger partial charge in [0.05, 0.1) is 6.61 Å². The van der Waals surface area contributed by atoms with E-state index in [1.807, 2.05) is 18.2 Å². The van der Waals surface area contributed by atoms with Crippen LogP contribution in [0.15, 0.2) is 30.3 Å². The van der Waals surface area contributed by atoms with Crippen LogP contribution >= 0.6 is 0 Å². The van der Waals surface area contributed by atoms with Crippen molar-refractivity contribution >= 4 is 47.7 Å². The Hall–Kier alpha value is -5.10. The van der Waals surface area contributed by atoms with Crippen molar-refractivity contribution in [1.29, 1.82) is 0 Å². The molecule has 1 heterocycles. The Morgan fingerprint density at radius 2 is 1.27 bits per heavy atom. The maximum Gasteiger partial charge on any atom is 0.303 e. The summed E-state index contributed by atoms with van der Waals surface area (Å²) in [5.74, 6) is -7.45. The molecular weight excluding hydrogens is 682 g/mol. The first-order chi connectivity index (χ1) is 24.0. The number of hydrogen-bond donors (Lipinski definition) is 1. The van der Waals surface area contributed by atoms with Crippen LogP contribution in [0.3, 0.4) is 0 Å². The summed E-state index contributed by atoms with van der Waals surface area (Å²) in [6.07, 6.45) is -12.3. The van der Waals surface area contributed by atoms with E-state index < -0.39 is 110 Å². The fraction of sp³-hybridized carbons (Fsp3) is 0.576. The highest BCUT2D eigenvalue weighted by atomic mass is 16.7. The average molecular weight is 726 g/mol. The van der Waals surface area contributed by atoms with Crippen LogP contribution in [0.5, 0.6) is 0 Å². The van der Waals surface area contributed by atoms with Gasteiger partial charge in [0.2, 0.25) is 6.10 Å². The second-order valence-electron chi connectivity index (χ2n) is 11.2. The molecule has 51 heavy (non-hydrogen) atoms. The monoisotopic (exact) mass is 725 g/mol. The molecule has 0 radical (unpaired) electrons. The predicted octanol–water partition coefficient (Wildman–Crippen LogP) is 0.588. The normalized spacial score (nSPS) is 20.5. The van der Waals surface area contributed by atoms with Crippen LogP contribution in [-0.4, -0.2) is 110 Å². The van der Waals surface area contributed by atoms with Crippen LogP contribution in [0, 0.1) is 0 Å². The highest BCUT2D eigenvalue weighted by molar-refractivity contribution is 5.84. The van der Waals surface area contributed by atoms with Crippen LogP contribution in [0.1, 0.15) is 60.5 Å². The molecular formula is C33H43NO17. The minimum absolute atomic E-state index is 0.0522. The molecule has 1 aromatic rings. The Kier molecular flexibility index (Phi) is 16.9. The van der Waals surface area contributed by atoms with Gasteiger partial charge in [0.15, 0.2) is 30.7 Å². The molecule has 1 fully saturated rings. The van der Waals surface area contributed by atoms with E-state index in [1.165, 1.54) is 0 Å². The summed E-state index contributed by atoms with van der Waals surface area (Å²) in [4.78, 5) is 98.3. The van der Waals surface area contributed by atoms with Crippen LogP contribution in [-0.2, 0) is 87.6 Å². The molecule has 18 nitrogen and oxygen atoms in total. The molecule has 0 saturated carbocycles. The maximum atomic E-state index is 13.8. The first-order valence-electron chi connectivity index (χ1n) is 15.7. The first-order valence-corrected chi connectivity index (χ1v) is 15.7. The lowest BCUT2D eigenvalue weighted by Crippen LogP contribution is -2.59. The summed E-state index contributed by atoms with van der Waals surface area (Å²) < 4.78 is 48.8. The Labute approximate surface area is 293 Å². The van der Waals surface area contributed by atoms with Crippen molar-refractivity contribution in [3.05, 3.63) is 35.9 Å². The molecule has 0 bridgehead atoms. The van der Waals surface area contributed by atoms with Crippen LogP contribution in [0.4, 0.5) is 0 Å². The lowest BCUT2D eigenvalue weighted by molar-refractivity contribution is -0.261. The van der Waals surface area contributed by atoms with Gasteiger partial charge in [-0.2, -0.15) is 0 Å². The van der Waals surface area contributed by atoms with Crippen molar-refractivity contribution in [3.8, 4) is 0 Å². The molecule has 1 aliphatic heterocycles. The average Bonchev–Trinajstić information content (AvgIpc) is 3.02. The topological polar surface area (TPSA) is 232 Å². The van der Waals surface area contributed by atoms with E-state index >= 15 is 0 Å². The zero-order chi connectivity index (χ0) is 38.2. The molecule has 8 atom stereocenters. The lowest BCUT2D eigenvalue weighted by Gasteiger charge is -2.40. The number of esters is 7. The van der Waals surface area contributed by atoms with E-state index in [1.54, 1.807) is 12.1 Å². The van der Waals surface area contributed by atoms with Crippen molar-refractivity contribution < 1.29 is 81.0 Å². The van der Waals surface area contributed by atoms with Crippen molar-refractivity contribution in [2.45, 2.75) is 111 Å². The first kappa shape index (κ1) is 42.1. The number of nitrogens with one attached hydrogen (secondary N) is 1. The van der Waals surface area contributed by atoms with E-state index in [0.717, 1.165) is 54.0 Å². The van der Waals surface area contributed by atoms with Crippen molar-refractivity contribution in [2.24, 2.45) is 0 Å². The molecule has 1 saturated heterocycles. The van der Waals surface area contributed by atoms with Gasteiger partial charge >= 0.3 is 41.8 Å². The second-order valence-corrected chi connectivity index (χ2v) is 11.2. The fourth-order valence-corrected chi connectivity index (χ4v) is 5.00. The molecule has 1 aromatic carbocycles. The summed E-state index contributed by atoms with van der Waals surface area (Å²) in [7, 11) is 0. The van der Waals surface area contributed by atoms with E-state index in [-0.39, 0.29) is 13.0 Å². The Balaban J connectivity index is 2.48. The quantitative estimate of drug-likeness (QED) is 0.171. The number of benzene rings is 1. The zero-order valence-corrected chi connectivity index (χ0v) is 29.3. The van der Waals surface area contributed by atoms with Gasteiger partial charge in [0.25, 0.3) is 5.91 Å². The molecule has 282 valence electrons. The Bertz CT molecular complexity index is 1400. The predicted molar refractivity (Wildman–Crippen MR) is 167 cm³/mol. The molecule has 0 spiro atoms. The van der Waals surface area contributed by atoms with Gasteiger partial charge in [-0.25, -0.2) is 0 Å². The van der Waals surface area contributed by atoms with Gasteiger partial charge in [-0.15, -0.1) is 0 Å². The smallest absolute Gasteiger partial charge is 0.303 e. The van der Waals surface area contributed by atoms with E-state index in [0.29, 0.717) is 0 Å². The zero-order valence-electron chi connectivity index (χ0n) is 29.3. The minimum Gasteiger partial charge on any atom is -0.462 e. The van der Waals surface area contributed by atoms with Gasteiger partial charge in [-0.05, 0) is 5.56 Å². The molecule has 0 aliphatic carbocycles. The van der Waals surface area contributed by atoms with Crippen molar-refractivity contribution in [1.82, 2.24) is 5.32 Å². The second kappa shape index (κ2) is 20.5. The van der Waals surface area contributed by atoms with Gasteiger partial charge in [0, 0.05) is 61.4 Å². The van der Waals surface area contributed by atoms with Crippen LogP contribution in [0.2, 0.25) is 0 Å². The highest BCUT2D eigenvalue weighted by Crippen LogP contribution is 2.28. The van der Waals surface area contributed by atoms with Crippen LogP contribution in [0.25, 0.3) is 0 Å². The number of carbonyl (C=O) groups is 8. The highest BCUT2D eigenvalue weighted by Gasteiger charge is 2.48. The standard InChI is InChI=1S/C33H43NO17/c1-17(35)43-16-27(46-19(3)37)30(48-21(5)39)31(49-22(6)40)32(50-23(7)41)33(42)34-14-26-29(47-20(4)38)25(45-18(2)36)13-28(51-26)44-15-24-11-9-8-10-12-24/h8-12,25-32H,13-16H2,1-7H3,(H,34,42)/t25-,26-,27-,28+,29+,30-,31+,32-/m1/s1. The minimum atomic E-state index is -2.09. The third-order valence-electron chi connectivity index (χ3n) is 6.77. The van der Waals surface area contributed by atoms with Crippen molar-refractivity contribution in [3.63, 3.8) is 0 Å². The molecule has 2 rings (SSSR count). The number of amides is 1.